The van der Waals surface area contributed by atoms with Crippen LogP contribution in [0.1, 0.15) is 16.5 Å². The van der Waals surface area contributed by atoms with E-state index in [2.05, 4.69) is 15.5 Å². The Bertz CT molecular complexity index is 1030. The number of furan rings is 1. The first-order valence-corrected chi connectivity index (χ1v) is 10.5. The molecule has 142 valence electrons. The third-order valence-corrected chi connectivity index (χ3v) is 6.13. The van der Waals surface area contributed by atoms with Crippen molar-refractivity contribution in [3.63, 3.8) is 0 Å². The van der Waals surface area contributed by atoms with Crippen molar-refractivity contribution in [2.45, 2.75) is 11.2 Å². The molecule has 0 saturated carbocycles. The fraction of sp³-hybridized carbons (Fsp3) is 0.150. The molecule has 28 heavy (non-hydrogen) atoms. The highest BCUT2D eigenvalue weighted by molar-refractivity contribution is 7.99. The third-order valence-electron chi connectivity index (χ3n) is 4.17. The van der Waals surface area contributed by atoms with Crippen LogP contribution in [0.15, 0.2) is 75.8 Å². The summed E-state index contributed by atoms with van der Waals surface area (Å²) in [5.41, 5.74) is 1.06. The van der Waals surface area contributed by atoms with E-state index in [-0.39, 0.29) is 17.7 Å². The second kappa shape index (κ2) is 8.45. The highest BCUT2D eigenvalue weighted by Crippen LogP contribution is 2.27. The molecule has 0 unspecified atom stereocenters. The average molecular weight is 411 g/mol. The predicted molar refractivity (Wildman–Crippen MR) is 110 cm³/mol. The van der Waals surface area contributed by atoms with Crippen LogP contribution in [0.3, 0.4) is 0 Å². The van der Waals surface area contributed by atoms with Crippen LogP contribution in [0.25, 0.3) is 11.6 Å². The van der Waals surface area contributed by atoms with E-state index in [0.717, 1.165) is 10.4 Å². The van der Waals surface area contributed by atoms with Gasteiger partial charge in [0.1, 0.15) is 0 Å². The lowest BCUT2D eigenvalue weighted by Gasteiger charge is -2.18. The Balaban J connectivity index is 1.44. The van der Waals surface area contributed by atoms with E-state index in [1.165, 1.54) is 11.8 Å². The van der Waals surface area contributed by atoms with Gasteiger partial charge in [0.2, 0.25) is 5.91 Å². The first kappa shape index (κ1) is 18.5. The van der Waals surface area contributed by atoms with E-state index in [0.29, 0.717) is 16.7 Å². The molecular formula is C20H18N4O2S2. The molecule has 0 spiro atoms. The maximum atomic E-state index is 12.6. The van der Waals surface area contributed by atoms with Gasteiger partial charge in [-0.05, 0) is 29.1 Å². The number of nitrogens with one attached hydrogen (secondary N) is 1. The summed E-state index contributed by atoms with van der Waals surface area (Å²) < 4.78 is 7.20. The van der Waals surface area contributed by atoms with Crippen molar-refractivity contribution in [1.29, 1.82) is 0 Å². The number of aromatic nitrogens is 3. The molecular weight excluding hydrogens is 392 g/mol. The summed E-state index contributed by atoms with van der Waals surface area (Å²) in [7, 11) is 1.86. The molecule has 0 bridgehead atoms. The molecule has 4 rings (SSSR count). The Hall–Kier alpha value is -2.84. The number of carbonyl (C=O) groups excluding carboxylic acids is 1. The molecule has 0 radical (unpaired) electrons. The van der Waals surface area contributed by atoms with Crippen LogP contribution in [-0.4, -0.2) is 26.4 Å². The molecule has 6 nitrogen and oxygen atoms in total. The molecule has 3 aromatic heterocycles. The maximum absolute atomic E-state index is 12.6. The number of rotatable bonds is 7. The fourth-order valence-corrected chi connectivity index (χ4v) is 4.34. The SMILES string of the molecule is Cn1c(SCC(=O)N[C@H](c2ccccc2)c2cccs2)nnc1-c1ccco1. The van der Waals surface area contributed by atoms with Crippen molar-refractivity contribution < 1.29 is 9.21 Å². The van der Waals surface area contributed by atoms with Crippen LogP contribution in [0.2, 0.25) is 0 Å². The average Bonchev–Trinajstić information content (AvgIpc) is 3.47. The van der Waals surface area contributed by atoms with Crippen molar-refractivity contribution in [1.82, 2.24) is 20.1 Å². The second-order valence-corrected chi connectivity index (χ2v) is 7.98. The Kier molecular flexibility index (Phi) is 5.59. The van der Waals surface area contributed by atoms with Crippen molar-refractivity contribution in [2.75, 3.05) is 5.75 Å². The first-order chi connectivity index (χ1) is 13.7. The lowest BCUT2D eigenvalue weighted by molar-refractivity contribution is -0.119. The van der Waals surface area contributed by atoms with E-state index in [1.54, 1.807) is 23.7 Å². The van der Waals surface area contributed by atoms with Gasteiger partial charge in [0, 0.05) is 11.9 Å². The predicted octanol–water partition coefficient (Wildman–Crippen LogP) is 4.13. The summed E-state index contributed by atoms with van der Waals surface area (Å²) in [4.78, 5) is 13.7. The molecule has 0 saturated heterocycles. The van der Waals surface area contributed by atoms with Gasteiger partial charge in [0.25, 0.3) is 0 Å². The molecule has 8 heteroatoms. The van der Waals surface area contributed by atoms with Crippen LogP contribution in [-0.2, 0) is 11.8 Å². The normalized spacial score (nSPS) is 12.0. The molecule has 4 aromatic rings. The van der Waals surface area contributed by atoms with Crippen LogP contribution >= 0.6 is 23.1 Å². The Labute approximate surface area is 170 Å². The number of benzene rings is 1. The molecule has 1 atom stereocenters. The zero-order chi connectivity index (χ0) is 19.3. The van der Waals surface area contributed by atoms with Gasteiger partial charge in [-0.25, -0.2) is 0 Å². The summed E-state index contributed by atoms with van der Waals surface area (Å²) >= 11 is 2.97. The topological polar surface area (TPSA) is 73.0 Å². The first-order valence-electron chi connectivity index (χ1n) is 8.66. The lowest BCUT2D eigenvalue weighted by atomic mass is 10.1. The van der Waals surface area contributed by atoms with E-state index in [4.69, 9.17) is 4.42 Å². The minimum Gasteiger partial charge on any atom is -0.461 e. The van der Waals surface area contributed by atoms with E-state index < -0.39 is 0 Å². The number of carbonyl (C=O) groups is 1. The molecule has 0 aliphatic carbocycles. The molecule has 0 fully saturated rings. The highest BCUT2D eigenvalue weighted by Gasteiger charge is 2.19. The maximum Gasteiger partial charge on any atom is 0.231 e. The Morgan fingerprint density at radius 2 is 2.04 bits per heavy atom. The van der Waals surface area contributed by atoms with Crippen LogP contribution < -0.4 is 5.32 Å². The summed E-state index contributed by atoms with van der Waals surface area (Å²) in [6, 6.07) is 17.5. The summed E-state index contributed by atoms with van der Waals surface area (Å²) in [5, 5.41) is 14.1. The number of hydrogen-bond acceptors (Lipinski definition) is 6. The Morgan fingerprint density at radius 1 is 1.18 bits per heavy atom. The van der Waals surface area contributed by atoms with Gasteiger partial charge >= 0.3 is 0 Å². The largest absolute Gasteiger partial charge is 0.461 e. The van der Waals surface area contributed by atoms with E-state index in [9.17, 15) is 4.79 Å². The molecule has 1 N–H and O–H groups in total. The standard InChI is InChI=1S/C20H18N4O2S2/c1-24-19(15-9-5-11-26-15)22-23-20(24)28-13-17(25)21-18(16-10-6-12-27-16)14-7-3-2-4-8-14/h2-12,18H,13H2,1H3,(H,21,25)/t18-/m1/s1. The lowest BCUT2D eigenvalue weighted by Crippen LogP contribution is -2.30. The van der Waals surface area contributed by atoms with Gasteiger partial charge in [-0.2, -0.15) is 0 Å². The number of amides is 1. The Morgan fingerprint density at radius 3 is 2.75 bits per heavy atom. The quantitative estimate of drug-likeness (QED) is 0.464. The van der Waals surface area contributed by atoms with Crippen LogP contribution in [0.4, 0.5) is 0 Å². The molecule has 3 heterocycles. The number of hydrogen-bond donors (Lipinski definition) is 1. The summed E-state index contributed by atoms with van der Waals surface area (Å²) in [6.45, 7) is 0. The molecule has 1 aromatic carbocycles. The van der Waals surface area contributed by atoms with Crippen LogP contribution in [0, 0.1) is 0 Å². The van der Waals surface area contributed by atoms with Gasteiger partial charge in [0.05, 0.1) is 18.1 Å². The van der Waals surface area contributed by atoms with Crippen molar-refractivity contribution in [3.05, 3.63) is 76.7 Å². The van der Waals surface area contributed by atoms with Crippen molar-refractivity contribution >= 4 is 29.0 Å². The van der Waals surface area contributed by atoms with Crippen molar-refractivity contribution in [3.8, 4) is 11.6 Å². The molecule has 1 amide bonds. The van der Waals surface area contributed by atoms with Gasteiger partial charge in [-0.3, -0.25) is 4.79 Å². The van der Waals surface area contributed by atoms with Crippen molar-refractivity contribution in [2.24, 2.45) is 7.05 Å². The van der Waals surface area contributed by atoms with Gasteiger partial charge < -0.3 is 14.3 Å². The molecule has 0 aliphatic heterocycles. The van der Waals surface area contributed by atoms with Gasteiger partial charge in [-0.15, -0.1) is 21.5 Å². The monoisotopic (exact) mass is 410 g/mol. The second-order valence-electron chi connectivity index (χ2n) is 6.06. The number of nitrogens with zero attached hydrogens (tertiary/aromatic N) is 3. The van der Waals surface area contributed by atoms with Gasteiger partial charge in [0.15, 0.2) is 16.7 Å². The van der Waals surface area contributed by atoms with E-state index >= 15 is 0 Å². The minimum atomic E-state index is -0.160. The smallest absolute Gasteiger partial charge is 0.231 e. The fourth-order valence-electron chi connectivity index (χ4n) is 2.81. The zero-order valence-corrected chi connectivity index (χ0v) is 16.7. The summed E-state index contributed by atoms with van der Waals surface area (Å²) in [6.07, 6.45) is 1.60. The zero-order valence-electron chi connectivity index (χ0n) is 15.1. The third kappa shape index (κ3) is 4.02. The highest BCUT2D eigenvalue weighted by atomic mass is 32.2. The van der Waals surface area contributed by atoms with Crippen LogP contribution in [0.5, 0.6) is 0 Å². The van der Waals surface area contributed by atoms with Gasteiger partial charge in [-0.1, -0.05) is 48.2 Å². The molecule has 0 aliphatic rings. The minimum absolute atomic E-state index is 0.0604. The van der Waals surface area contributed by atoms with E-state index in [1.807, 2.05) is 65.5 Å². The number of thioether (sulfide) groups is 1. The summed E-state index contributed by atoms with van der Waals surface area (Å²) in [5.74, 6) is 1.47. The number of thiophene rings is 1.